The van der Waals surface area contributed by atoms with E-state index in [2.05, 4.69) is 5.32 Å². The molecule has 0 unspecified atom stereocenters. The van der Waals surface area contributed by atoms with Crippen molar-refractivity contribution in [3.63, 3.8) is 0 Å². The molecule has 5 atom stereocenters. The Hall–Kier alpha value is -1.78. The van der Waals surface area contributed by atoms with Crippen LogP contribution in [0.3, 0.4) is 0 Å². The van der Waals surface area contributed by atoms with Crippen molar-refractivity contribution in [1.29, 1.82) is 0 Å². The summed E-state index contributed by atoms with van der Waals surface area (Å²) in [5.41, 5.74) is 0.151. The number of rotatable bonds is 4. The van der Waals surface area contributed by atoms with Crippen LogP contribution < -0.4 is 5.32 Å². The molecule has 2 rings (SSSR count). The first-order valence-corrected chi connectivity index (χ1v) is 6.25. The van der Waals surface area contributed by atoms with Gasteiger partial charge in [-0.15, -0.1) is 0 Å². The quantitative estimate of drug-likeness (QED) is 0.344. The van der Waals surface area contributed by atoms with Crippen LogP contribution in [-0.4, -0.2) is 62.6 Å². The Balaban J connectivity index is 2.14. The monoisotopic (exact) mass is 300 g/mol. The zero-order valence-corrected chi connectivity index (χ0v) is 10.9. The molecular formula is C12H16N2O7. The summed E-state index contributed by atoms with van der Waals surface area (Å²) in [6.45, 7) is -0.544. The molecule has 1 aromatic carbocycles. The summed E-state index contributed by atoms with van der Waals surface area (Å²) < 4.78 is 5.24. The molecule has 0 saturated carbocycles. The summed E-state index contributed by atoms with van der Waals surface area (Å²) in [6.07, 6.45) is -6.58. The Kier molecular flexibility index (Phi) is 4.70. The molecule has 116 valence electrons. The first-order chi connectivity index (χ1) is 9.93. The lowest BCUT2D eigenvalue weighted by molar-refractivity contribution is -0.384. The second-order valence-electron chi connectivity index (χ2n) is 4.70. The molecule has 1 aromatic rings. The van der Waals surface area contributed by atoms with Gasteiger partial charge in [0.05, 0.1) is 11.5 Å². The van der Waals surface area contributed by atoms with Crippen molar-refractivity contribution in [1.82, 2.24) is 0 Å². The SMILES string of the molecule is O=[N+]([O-])c1cccc(N[C@H]2O[C@@H](CO)[C@@H](O)[C@@H](O)[C@H]2O)c1. The third-order valence-electron chi connectivity index (χ3n) is 3.26. The third-order valence-corrected chi connectivity index (χ3v) is 3.26. The molecule has 0 spiro atoms. The minimum atomic E-state index is -1.51. The topological polar surface area (TPSA) is 145 Å². The van der Waals surface area contributed by atoms with Gasteiger partial charge in [-0.1, -0.05) is 6.07 Å². The molecule has 9 nitrogen and oxygen atoms in total. The van der Waals surface area contributed by atoms with Crippen LogP contribution in [0.15, 0.2) is 24.3 Å². The lowest BCUT2D eigenvalue weighted by Gasteiger charge is -2.40. The number of anilines is 1. The standard InChI is InChI=1S/C12H16N2O7/c15-5-8-9(16)10(17)11(18)12(21-8)13-6-2-1-3-7(4-6)14(19)20/h1-4,8-13,15-18H,5H2/t8-,9+,10+,11+,12-/m0/s1. The van der Waals surface area contributed by atoms with Gasteiger partial charge in [0, 0.05) is 17.8 Å². The zero-order valence-electron chi connectivity index (χ0n) is 10.9. The highest BCUT2D eigenvalue weighted by Crippen LogP contribution is 2.24. The normalized spacial score (nSPS) is 32.7. The Morgan fingerprint density at radius 3 is 2.57 bits per heavy atom. The number of aliphatic hydroxyl groups is 4. The molecule has 1 aliphatic heterocycles. The highest BCUT2D eigenvalue weighted by Gasteiger charge is 2.43. The van der Waals surface area contributed by atoms with Gasteiger partial charge in [-0.2, -0.15) is 0 Å². The van der Waals surface area contributed by atoms with Crippen molar-refractivity contribution in [2.75, 3.05) is 11.9 Å². The molecule has 1 fully saturated rings. The molecule has 1 aliphatic rings. The average molecular weight is 300 g/mol. The van der Waals surface area contributed by atoms with E-state index in [1.54, 1.807) is 0 Å². The van der Waals surface area contributed by atoms with Crippen LogP contribution in [0.4, 0.5) is 11.4 Å². The Labute approximate surface area is 119 Å². The van der Waals surface area contributed by atoms with Crippen LogP contribution in [-0.2, 0) is 4.74 Å². The lowest BCUT2D eigenvalue weighted by Crippen LogP contribution is -2.60. The van der Waals surface area contributed by atoms with E-state index in [-0.39, 0.29) is 5.69 Å². The predicted molar refractivity (Wildman–Crippen MR) is 70.5 cm³/mol. The maximum Gasteiger partial charge on any atom is 0.271 e. The molecule has 0 aromatic heterocycles. The highest BCUT2D eigenvalue weighted by molar-refractivity contribution is 5.51. The second-order valence-corrected chi connectivity index (χ2v) is 4.70. The number of non-ortho nitro benzene ring substituents is 1. The number of nitro groups is 1. The van der Waals surface area contributed by atoms with Crippen molar-refractivity contribution in [3.05, 3.63) is 34.4 Å². The van der Waals surface area contributed by atoms with E-state index in [0.717, 1.165) is 0 Å². The van der Waals surface area contributed by atoms with Gasteiger partial charge in [0.15, 0.2) is 6.23 Å². The van der Waals surface area contributed by atoms with Gasteiger partial charge in [0.1, 0.15) is 24.4 Å². The fourth-order valence-electron chi connectivity index (χ4n) is 2.09. The smallest absolute Gasteiger partial charge is 0.271 e. The molecule has 21 heavy (non-hydrogen) atoms. The summed E-state index contributed by atoms with van der Waals surface area (Å²) in [5.74, 6) is 0. The average Bonchev–Trinajstić information content (AvgIpc) is 2.48. The third kappa shape index (κ3) is 3.28. The van der Waals surface area contributed by atoms with Crippen LogP contribution in [0.25, 0.3) is 0 Å². The van der Waals surface area contributed by atoms with Gasteiger partial charge in [0.2, 0.25) is 0 Å². The van der Waals surface area contributed by atoms with E-state index >= 15 is 0 Å². The molecule has 1 saturated heterocycles. The summed E-state index contributed by atoms with van der Waals surface area (Å²) in [5, 5.41) is 51.6. The van der Waals surface area contributed by atoms with Crippen molar-refractivity contribution in [3.8, 4) is 0 Å². The number of benzene rings is 1. The molecule has 0 radical (unpaired) electrons. The predicted octanol–water partition coefficient (Wildman–Crippen LogP) is -1.19. The number of hydrogen-bond acceptors (Lipinski definition) is 8. The highest BCUT2D eigenvalue weighted by atomic mass is 16.6. The second kappa shape index (κ2) is 6.33. The van der Waals surface area contributed by atoms with Crippen molar-refractivity contribution in [2.24, 2.45) is 0 Å². The molecular weight excluding hydrogens is 284 g/mol. The van der Waals surface area contributed by atoms with E-state index in [4.69, 9.17) is 9.84 Å². The summed E-state index contributed by atoms with van der Waals surface area (Å²) in [4.78, 5) is 10.1. The maximum atomic E-state index is 10.7. The van der Waals surface area contributed by atoms with Gasteiger partial charge in [0.25, 0.3) is 5.69 Å². The molecule has 9 heteroatoms. The maximum absolute atomic E-state index is 10.7. The molecule has 1 heterocycles. The van der Waals surface area contributed by atoms with Gasteiger partial charge in [-0.3, -0.25) is 10.1 Å². The van der Waals surface area contributed by atoms with Gasteiger partial charge < -0.3 is 30.5 Å². The molecule has 5 N–H and O–H groups in total. The fraction of sp³-hybridized carbons (Fsp3) is 0.500. The zero-order chi connectivity index (χ0) is 15.6. The number of ether oxygens (including phenoxy) is 1. The van der Waals surface area contributed by atoms with Crippen LogP contribution in [0.2, 0.25) is 0 Å². The van der Waals surface area contributed by atoms with Crippen LogP contribution in [0.5, 0.6) is 0 Å². The molecule has 0 bridgehead atoms. The number of hydrogen-bond donors (Lipinski definition) is 5. The molecule has 0 aliphatic carbocycles. The van der Waals surface area contributed by atoms with Crippen LogP contribution >= 0.6 is 0 Å². The van der Waals surface area contributed by atoms with Crippen molar-refractivity contribution < 1.29 is 30.1 Å². The number of nitrogens with zero attached hydrogens (tertiary/aromatic N) is 1. The summed E-state index contributed by atoms with van der Waals surface area (Å²) >= 11 is 0. The van der Waals surface area contributed by atoms with Crippen molar-refractivity contribution in [2.45, 2.75) is 30.6 Å². The minimum absolute atomic E-state index is 0.149. The number of aliphatic hydroxyl groups excluding tert-OH is 4. The number of nitrogens with one attached hydrogen (secondary N) is 1. The summed E-state index contributed by atoms with van der Waals surface area (Å²) in [6, 6.07) is 5.51. The fourth-order valence-corrected chi connectivity index (χ4v) is 2.09. The van der Waals surface area contributed by atoms with Crippen LogP contribution in [0.1, 0.15) is 0 Å². The Morgan fingerprint density at radius 1 is 1.24 bits per heavy atom. The van der Waals surface area contributed by atoms with Crippen molar-refractivity contribution >= 4 is 11.4 Å². The molecule has 0 amide bonds. The van der Waals surface area contributed by atoms with E-state index < -0.39 is 42.2 Å². The first kappa shape index (κ1) is 15.6. The van der Waals surface area contributed by atoms with E-state index in [9.17, 15) is 25.4 Å². The van der Waals surface area contributed by atoms with E-state index in [1.807, 2.05) is 0 Å². The van der Waals surface area contributed by atoms with Gasteiger partial charge >= 0.3 is 0 Å². The van der Waals surface area contributed by atoms with E-state index in [0.29, 0.717) is 5.69 Å². The van der Waals surface area contributed by atoms with Gasteiger partial charge in [-0.25, -0.2) is 0 Å². The minimum Gasteiger partial charge on any atom is -0.394 e. The Morgan fingerprint density at radius 2 is 1.95 bits per heavy atom. The Bertz CT molecular complexity index is 510. The summed E-state index contributed by atoms with van der Waals surface area (Å²) in [7, 11) is 0. The lowest BCUT2D eigenvalue weighted by atomic mass is 9.98. The van der Waals surface area contributed by atoms with Gasteiger partial charge in [-0.05, 0) is 6.07 Å². The largest absolute Gasteiger partial charge is 0.394 e. The number of nitro benzene ring substituents is 1. The first-order valence-electron chi connectivity index (χ1n) is 6.25. The van der Waals surface area contributed by atoms with E-state index in [1.165, 1.54) is 24.3 Å². The van der Waals surface area contributed by atoms with Crippen LogP contribution in [0, 0.1) is 10.1 Å².